The number of phosphoric acid groups is 1. The van der Waals surface area contributed by atoms with Crippen LogP contribution in [0.1, 0.15) is 87.0 Å². The third-order valence-corrected chi connectivity index (χ3v) is 4.72. The van der Waals surface area contributed by atoms with Crippen molar-refractivity contribution in [2.45, 2.75) is 98.2 Å². The Bertz CT molecular complexity index is 357. The average Bonchev–Trinajstić information content (AvgIpc) is 2.32. The highest BCUT2D eigenvalue weighted by molar-refractivity contribution is 7.48. The van der Waals surface area contributed by atoms with E-state index in [1.165, 1.54) is 19.3 Å². The number of rotatable bonds is 11. The van der Waals surface area contributed by atoms with E-state index >= 15 is 0 Å². The van der Waals surface area contributed by atoms with E-state index in [1.807, 2.05) is 41.5 Å². The van der Waals surface area contributed by atoms with Gasteiger partial charge in [-0.3, -0.25) is 13.6 Å². The molecule has 0 saturated heterocycles. The van der Waals surface area contributed by atoms with Crippen molar-refractivity contribution in [1.82, 2.24) is 0 Å². The summed E-state index contributed by atoms with van der Waals surface area (Å²) in [6.45, 7) is 13.6. The lowest BCUT2D eigenvalue weighted by molar-refractivity contribution is 0.00321. The highest BCUT2D eigenvalue weighted by Gasteiger charge is 2.36. The number of allylic oxidation sites excluding steroid dienone is 2. The van der Waals surface area contributed by atoms with E-state index in [2.05, 4.69) is 19.1 Å². The van der Waals surface area contributed by atoms with Crippen molar-refractivity contribution in [3.05, 3.63) is 12.2 Å². The minimum Gasteiger partial charge on any atom is -0.287 e. The molecule has 5 heteroatoms. The molecule has 0 aliphatic rings. The summed E-state index contributed by atoms with van der Waals surface area (Å²) in [7, 11) is -3.56. The van der Waals surface area contributed by atoms with Crippen LogP contribution < -0.4 is 0 Å². The van der Waals surface area contributed by atoms with Gasteiger partial charge in [0.2, 0.25) is 0 Å². The van der Waals surface area contributed by atoms with Gasteiger partial charge in [-0.25, -0.2) is 4.57 Å². The smallest absolute Gasteiger partial charge is 0.287 e. The summed E-state index contributed by atoms with van der Waals surface area (Å²) >= 11 is 0. The maximum absolute atomic E-state index is 12.8. The van der Waals surface area contributed by atoms with Crippen molar-refractivity contribution < 1.29 is 18.1 Å². The lowest BCUT2D eigenvalue weighted by Gasteiger charge is -2.30. The van der Waals surface area contributed by atoms with Crippen LogP contribution in [0.4, 0.5) is 0 Å². The fourth-order valence-electron chi connectivity index (χ4n) is 1.87. The molecule has 0 aromatic rings. The first-order valence-electron chi connectivity index (χ1n) is 8.78. The second kappa shape index (κ2) is 10.7. The number of hydrogen-bond acceptors (Lipinski definition) is 4. The van der Waals surface area contributed by atoms with Crippen LogP contribution in [0.25, 0.3) is 0 Å². The quantitative estimate of drug-likeness (QED) is 0.238. The summed E-state index contributed by atoms with van der Waals surface area (Å²) in [4.78, 5) is 0. The molecular formula is C18H37O4P. The van der Waals surface area contributed by atoms with E-state index in [4.69, 9.17) is 13.6 Å². The molecule has 4 nitrogen and oxygen atoms in total. The van der Waals surface area contributed by atoms with Gasteiger partial charge >= 0.3 is 7.82 Å². The molecule has 0 radical (unpaired) electrons. The number of hydrogen-bond donors (Lipinski definition) is 0. The van der Waals surface area contributed by atoms with Gasteiger partial charge < -0.3 is 0 Å². The normalized spacial score (nSPS) is 13.9. The van der Waals surface area contributed by atoms with Crippen LogP contribution in [0, 0.1) is 0 Å². The predicted molar refractivity (Wildman–Crippen MR) is 97.8 cm³/mol. The van der Waals surface area contributed by atoms with Crippen molar-refractivity contribution in [3.8, 4) is 0 Å². The van der Waals surface area contributed by atoms with Gasteiger partial charge in [0.05, 0.1) is 17.8 Å². The standard InChI is InChI=1S/C18H37O4P/c1-8-9-10-11-12-13-14-15-16-20-23(19,21-17(2,3)4)22-18(5,6)7/h12-13H,8-11,14-16H2,1-7H3. The summed E-state index contributed by atoms with van der Waals surface area (Å²) in [5.41, 5.74) is -1.17. The topological polar surface area (TPSA) is 44.8 Å². The van der Waals surface area contributed by atoms with Crippen LogP contribution in [-0.2, 0) is 18.1 Å². The first-order chi connectivity index (χ1) is 10.5. The lowest BCUT2D eigenvalue weighted by Crippen LogP contribution is -2.24. The largest absolute Gasteiger partial charge is 0.475 e. The van der Waals surface area contributed by atoms with E-state index < -0.39 is 19.0 Å². The Morgan fingerprint density at radius 2 is 1.30 bits per heavy atom. The molecule has 0 aliphatic heterocycles. The molecule has 0 heterocycles. The zero-order valence-electron chi connectivity index (χ0n) is 16.2. The monoisotopic (exact) mass is 348 g/mol. The van der Waals surface area contributed by atoms with E-state index in [1.54, 1.807) is 0 Å². The van der Waals surface area contributed by atoms with E-state index in [-0.39, 0.29) is 0 Å². The van der Waals surface area contributed by atoms with Crippen LogP contribution in [-0.4, -0.2) is 17.8 Å². The molecule has 0 spiro atoms. The summed E-state index contributed by atoms with van der Waals surface area (Å²) in [6.07, 6.45) is 11.0. The summed E-state index contributed by atoms with van der Waals surface area (Å²) in [6, 6.07) is 0. The maximum Gasteiger partial charge on any atom is 0.475 e. The van der Waals surface area contributed by atoms with Gasteiger partial charge in [0.15, 0.2) is 0 Å². The van der Waals surface area contributed by atoms with Crippen LogP contribution in [0.2, 0.25) is 0 Å². The Morgan fingerprint density at radius 1 is 0.826 bits per heavy atom. The summed E-state index contributed by atoms with van der Waals surface area (Å²) in [5.74, 6) is 0. The Kier molecular flexibility index (Phi) is 10.6. The van der Waals surface area contributed by atoms with Gasteiger partial charge in [-0.15, -0.1) is 0 Å². The first-order valence-corrected chi connectivity index (χ1v) is 10.2. The van der Waals surface area contributed by atoms with E-state index in [0.29, 0.717) is 6.61 Å². The molecule has 0 aromatic heterocycles. The second-order valence-electron chi connectivity index (χ2n) is 7.80. The van der Waals surface area contributed by atoms with Crippen LogP contribution in [0.3, 0.4) is 0 Å². The fourth-order valence-corrected chi connectivity index (χ4v) is 3.70. The molecule has 0 rings (SSSR count). The second-order valence-corrected chi connectivity index (χ2v) is 9.31. The zero-order valence-corrected chi connectivity index (χ0v) is 17.1. The third kappa shape index (κ3) is 15.1. The van der Waals surface area contributed by atoms with Gasteiger partial charge in [-0.1, -0.05) is 31.9 Å². The van der Waals surface area contributed by atoms with Crippen molar-refractivity contribution in [3.63, 3.8) is 0 Å². The molecule has 0 N–H and O–H groups in total. The minimum absolute atomic E-state index is 0.364. The predicted octanol–water partition coefficient (Wildman–Crippen LogP) is 6.66. The third-order valence-electron chi connectivity index (χ3n) is 2.68. The van der Waals surface area contributed by atoms with Crippen LogP contribution in [0.15, 0.2) is 12.2 Å². The van der Waals surface area contributed by atoms with Gasteiger partial charge in [-0.2, -0.15) is 0 Å². The van der Waals surface area contributed by atoms with Gasteiger partial charge in [0.1, 0.15) is 0 Å². The zero-order chi connectivity index (χ0) is 18.0. The molecule has 0 aliphatic carbocycles. The molecular weight excluding hydrogens is 311 g/mol. The van der Waals surface area contributed by atoms with Crippen molar-refractivity contribution in [2.75, 3.05) is 6.61 Å². The molecule has 0 saturated carbocycles. The number of phosphoric ester groups is 1. The Labute approximate surface area is 143 Å². The molecule has 23 heavy (non-hydrogen) atoms. The molecule has 0 unspecified atom stereocenters. The SMILES string of the molecule is CCCCCC=CCCCOP(=O)(OC(C)(C)C)OC(C)(C)C. The molecule has 0 fully saturated rings. The lowest BCUT2D eigenvalue weighted by atomic mass is 10.2. The highest BCUT2D eigenvalue weighted by Crippen LogP contribution is 2.55. The molecule has 0 aromatic carbocycles. The van der Waals surface area contributed by atoms with Gasteiger partial charge in [0, 0.05) is 0 Å². The summed E-state index contributed by atoms with van der Waals surface area (Å²) < 4.78 is 29.4. The fraction of sp³-hybridized carbons (Fsp3) is 0.889. The Hall–Kier alpha value is -0.150. The van der Waals surface area contributed by atoms with E-state index in [9.17, 15) is 4.57 Å². The summed E-state index contributed by atoms with van der Waals surface area (Å²) in [5, 5.41) is 0. The average molecular weight is 348 g/mol. The molecule has 138 valence electrons. The Balaban J connectivity index is 4.23. The van der Waals surface area contributed by atoms with E-state index in [0.717, 1.165) is 19.3 Å². The van der Waals surface area contributed by atoms with Gasteiger partial charge in [-0.05, 0) is 67.2 Å². The van der Waals surface area contributed by atoms with Crippen molar-refractivity contribution in [2.24, 2.45) is 0 Å². The van der Waals surface area contributed by atoms with Crippen LogP contribution >= 0.6 is 7.82 Å². The van der Waals surface area contributed by atoms with Gasteiger partial charge in [0.25, 0.3) is 0 Å². The van der Waals surface area contributed by atoms with Crippen LogP contribution in [0.5, 0.6) is 0 Å². The Morgan fingerprint density at radius 3 is 1.74 bits per heavy atom. The molecule has 0 amide bonds. The highest BCUT2D eigenvalue weighted by atomic mass is 31.2. The maximum atomic E-state index is 12.8. The van der Waals surface area contributed by atoms with Crippen molar-refractivity contribution >= 4 is 7.82 Å². The minimum atomic E-state index is -3.56. The molecule has 0 atom stereocenters. The number of unbranched alkanes of at least 4 members (excludes halogenated alkanes) is 4. The van der Waals surface area contributed by atoms with Crippen molar-refractivity contribution in [1.29, 1.82) is 0 Å². The first kappa shape index (κ1) is 22.9. The molecule has 0 bridgehead atoms.